The third-order valence-corrected chi connectivity index (χ3v) is 5.97. The smallest absolute Gasteiger partial charge is 0.286 e. The van der Waals surface area contributed by atoms with Crippen molar-refractivity contribution in [1.82, 2.24) is 20.4 Å². The molecule has 10 nitrogen and oxygen atoms in total. The highest BCUT2D eigenvalue weighted by atomic mass is 32.1. The summed E-state index contributed by atoms with van der Waals surface area (Å²) in [6.07, 6.45) is 2.35. The summed E-state index contributed by atoms with van der Waals surface area (Å²) >= 11 is 0.929. The van der Waals surface area contributed by atoms with Gasteiger partial charge in [0, 0.05) is 31.4 Å². The first-order valence-corrected chi connectivity index (χ1v) is 11.0. The second-order valence-corrected chi connectivity index (χ2v) is 8.29. The Hall–Kier alpha value is -3.21. The topological polar surface area (TPSA) is 123 Å². The maximum atomic E-state index is 12.8. The summed E-state index contributed by atoms with van der Waals surface area (Å²) in [5.74, 6) is 0.128. The predicted octanol–water partition coefficient (Wildman–Crippen LogP) is 1.90. The minimum Gasteiger partial charge on any atom is -0.454 e. The summed E-state index contributed by atoms with van der Waals surface area (Å²) in [7, 11) is 0. The van der Waals surface area contributed by atoms with E-state index in [4.69, 9.17) is 9.47 Å². The van der Waals surface area contributed by atoms with Gasteiger partial charge in [-0.25, -0.2) is 0 Å². The maximum Gasteiger partial charge on any atom is 0.286 e. The number of anilines is 1. The largest absolute Gasteiger partial charge is 0.454 e. The van der Waals surface area contributed by atoms with Crippen molar-refractivity contribution in [3.8, 4) is 11.5 Å². The van der Waals surface area contributed by atoms with E-state index in [1.54, 1.807) is 23.1 Å². The van der Waals surface area contributed by atoms with E-state index in [1.165, 1.54) is 0 Å². The van der Waals surface area contributed by atoms with Crippen molar-refractivity contribution < 1.29 is 23.9 Å². The third-order valence-electron chi connectivity index (χ3n) is 5.06. The standard InChI is InChI=1S/C20H23N5O5S/c1-2-7-21-16(26)12-4-3-8-25(10-12)20(28)19-24-23-18(31-19)17(27)22-13-5-6-14-15(9-13)30-11-29-14/h5-6,9,12H,2-4,7-8,10-11H2,1H3,(H,21,26)(H,22,27)/t12-/m0/s1. The highest BCUT2D eigenvalue weighted by Gasteiger charge is 2.30. The van der Waals surface area contributed by atoms with E-state index < -0.39 is 5.91 Å². The van der Waals surface area contributed by atoms with Crippen LogP contribution in [0.1, 0.15) is 45.8 Å². The van der Waals surface area contributed by atoms with Gasteiger partial charge in [-0.05, 0) is 31.4 Å². The van der Waals surface area contributed by atoms with Gasteiger partial charge in [0.1, 0.15) is 0 Å². The number of aromatic nitrogens is 2. The van der Waals surface area contributed by atoms with E-state index in [1.807, 2.05) is 6.92 Å². The molecular formula is C20H23N5O5S. The second-order valence-electron chi connectivity index (χ2n) is 7.32. The van der Waals surface area contributed by atoms with Gasteiger partial charge < -0.3 is 25.0 Å². The molecule has 164 valence electrons. The Balaban J connectivity index is 1.38. The van der Waals surface area contributed by atoms with E-state index in [0.717, 1.165) is 30.6 Å². The number of hydrogen-bond acceptors (Lipinski definition) is 8. The van der Waals surface area contributed by atoms with Crippen molar-refractivity contribution in [2.45, 2.75) is 26.2 Å². The zero-order chi connectivity index (χ0) is 21.8. The van der Waals surface area contributed by atoms with Gasteiger partial charge >= 0.3 is 0 Å². The summed E-state index contributed by atoms with van der Waals surface area (Å²) < 4.78 is 10.5. The molecule has 0 saturated carbocycles. The molecule has 0 unspecified atom stereocenters. The Labute approximate surface area is 182 Å². The van der Waals surface area contributed by atoms with Crippen molar-refractivity contribution >= 4 is 34.7 Å². The number of ether oxygens (including phenoxy) is 2. The van der Waals surface area contributed by atoms with Crippen molar-refractivity contribution in [1.29, 1.82) is 0 Å². The van der Waals surface area contributed by atoms with Gasteiger partial charge in [-0.1, -0.05) is 18.3 Å². The van der Waals surface area contributed by atoms with Crippen LogP contribution < -0.4 is 20.1 Å². The van der Waals surface area contributed by atoms with Crippen LogP contribution in [0.3, 0.4) is 0 Å². The zero-order valence-electron chi connectivity index (χ0n) is 17.1. The van der Waals surface area contributed by atoms with Crippen LogP contribution >= 0.6 is 11.3 Å². The lowest BCUT2D eigenvalue weighted by Crippen LogP contribution is -2.45. The first kappa shape index (κ1) is 21.0. The molecule has 1 aromatic heterocycles. The van der Waals surface area contributed by atoms with Crippen LogP contribution in [0, 0.1) is 5.92 Å². The predicted molar refractivity (Wildman–Crippen MR) is 112 cm³/mol. The van der Waals surface area contributed by atoms with Crippen LogP contribution in [-0.4, -0.2) is 59.2 Å². The Morgan fingerprint density at radius 1 is 1.19 bits per heavy atom. The Bertz CT molecular complexity index is 994. The van der Waals surface area contributed by atoms with Gasteiger partial charge in [0.05, 0.1) is 5.92 Å². The molecule has 0 spiro atoms. The molecule has 0 aliphatic carbocycles. The number of fused-ring (bicyclic) bond motifs is 1. The number of amides is 3. The molecule has 11 heteroatoms. The minimum atomic E-state index is -0.467. The third kappa shape index (κ3) is 4.76. The number of piperidine rings is 1. The van der Waals surface area contributed by atoms with Crippen molar-refractivity contribution in [3.05, 3.63) is 28.2 Å². The fraction of sp³-hybridized carbons (Fsp3) is 0.450. The number of rotatable bonds is 6. The number of nitrogens with one attached hydrogen (secondary N) is 2. The SMILES string of the molecule is CCCNC(=O)[C@H]1CCCN(C(=O)c2nnc(C(=O)Nc3ccc4c(c3)OCO4)s2)C1. The molecule has 31 heavy (non-hydrogen) atoms. The summed E-state index contributed by atoms with van der Waals surface area (Å²) in [5.41, 5.74) is 0.522. The second kappa shape index (κ2) is 9.29. The molecule has 2 aliphatic heterocycles. The van der Waals surface area contributed by atoms with Crippen LogP contribution in [0.4, 0.5) is 5.69 Å². The van der Waals surface area contributed by atoms with E-state index >= 15 is 0 Å². The lowest BCUT2D eigenvalue weighted by Gasteiger charge is -2.31. The molecule has 2 N–H and O–H groups in total. The number of likely N-dealkylation sites (tertiary alicyclic amines) is 1. The number of hydrogen-bond donors (Lipinski definition) is 2. The monoisotopic (exact) mass is 445 g/mol. The minimum absolute atomic E-state index is 0.0274. The molecule has 0 bridgehead atoms. The van der Waals surface area contributed by atoms with E-state index in [9.17, 15) is 14.4 Å². The highest BCUT2D eigenvalue weighted by molar-refractivity contribution is 7.15. The summed E-state index contributed by atoms with van der Waals surface area (Å²) in [5, 5.41) is 13.6. The van der Waals surface area contributed by atoms with Crippen molar-refractivity contribution in [3.63, 3.8) is 0 Å². The van der Waals surface area contributed by atoms with Crippen molar-refractivity contribution in [2.24, 2.45) is 5.92 Å². The zero-order valence-corrected chi connectivity index (χ0v) is 17.9. The fourth-order valence-electron chi connectivity index (χ4n) is 3.46. The number of carbonyl (C=O) groups is 3. The van der Waals surface area contributed by atoms with E-state index in [2.05, 4.69) is 20.8 Å². The average molecular weight is 446 g/mol. The van der Waals surface area contributed by atoms with Gasteiger partial charge in [0.25, 0.3) is 11.8 Å². The quantitative estimate of drug-likeness (QED) is 0.696. The summed E-state index contributed by atoms with van der Waals surface area (Å²) in [4.78, 5) is 39.2. The van der Waals surface area contributed by atoms with E-state index in [0.29, 0.717) is 36.8 Å². The van der Waals surface area contributed by atoms with Crippen LogP contribution in [0.5, 0.6) is 11.5 Å². The molecule has 1 saturated heterocycles. The molecular weight excluding hydrogens is 422 g/mol. The summed E-state index contributed by atoms with van der Waals surface area (Å²) in [6.45, 7) is 3.65. The number of carbonyl (C=O) groups excluding carboxylic acids is 3. The van der Waals surface area contributed by atoms with Gasteiger partial charge in [-0.15, -0.1) is 10.2 Å². The first-order valence-electron chi connectivity index (χ1n) is 10.2. The average Bonchev–Trinajstić information content (AvgIpc) is 3.46. The van der Waals surface area contributed by atoms with Crippen LogP contribution in [-0.2, 0) is 4.79 Å². The molecule has 4 rings (SSSR count). The molecule has 1 aromatic carbocycles. The molecule has 2 aliphatic rings. The maximum absolute atomic E-state index is 12.8. The fourth-order valence-corrected chi connectivity index (χ4v) is 4.17. The lowest BCUT2D eigenvalue weighted by molar-refractivity contribution is -0.126. The molecule has 2 aromatic rings. The van der Waals surface area contributed by atoms with Gasteiger partial charge in [-0.2, -0.15) is 0 Å². The lowest BCUT2D eigenvalue weighted by atomic mass is 9.97. The Morgan fingerprint density at radius 2 is 2.00 bits per heavy atom. The normalized spacial score (nSPS) is 17.3. The number of nitrogens with zero attached hydrogens (tertiary/aromatic N) is 3. The Morgan fingerprint density at radius 3 is 2.84 bits per heavy atom. The molecule has 3 amide bonds. The molecule has 0 radical (unpaired) electrons. The summed E-state index contributed by atoms with van der Waals surface area (Å²) in [6, 6.07) is 5.05. The van der Waals surface area contributed by atoms with Gasteiger partial charge in [-0.3, -0.25) is 14.4 Å². The molecule has 1 fully saturated rings. The van der Waals surface area contributed by atoms with Crippen molar-refractivity contribution in [2.75, 3.05) is 31.7 Å². The molecule has 3 heterocycles. The van der Waals surface area contributed by atoms with Gasteiger partial charge in [0.2, 0.25) is 22.7 Å². The van der Waals surface area contributed by atoms with E-state index in [-0.39, 0.29) is 34.5 Å². The van der Waals surface area contributed by atoms with Crippen LogP contribution in [0.15, 0.2) is 18.2 Å². The molecule has 1 atom stereocenters. The van der Waals surface area contributed by atoms with Crippen LogP contribution in [0.2, 0.25) is 0 Å². The number of benzene rings is 1. The first-order chi connectivity index (χ1) is 15.0. The van der Waals surface area contributed by atoms with Gasteiger partial charge in [0.15, 0.2) is 11.5 Å². The Kier molecular flexibility index (Phi) is 6.31. The van der Waals surface area contributed by atoms with Crippen LogP contribution in [0.25, 0.3) is 0 Å². The highest BCUT2D eigenvalue weighted by Crippen LogP contribution is 2.34.